The van der Waals surface area contributed by atoms with E-state index in [9.17, 15) is 4.79 Å². The van der Waals surface area contributed by atoms with Gasteiger partial charge in [0.1, 0.15) is 0 Å². The van der Waals surface area contributed by atoms with Crippen LogP contribution in [-0.4, -0.2) is 26.9 Å². The molecule has 0 aromatic carbocycles. The molecule has 0 radical (unpaired) electrons. The van der Waals surface area contributed by atoms with E-state index in [0.29, 0.717) is 18.9 Å². The van der Waals surface area contributed by atoms with Gasteiger partial charge in [-0.15, -0.1) is 0 Å². The topological polar surface area (TPSA) is 38.3 Å². The Morgan fingerprint density at radius 1 is 1.44 bits per heavy atom. The molecule has 0 aliphatic carbocycles. The van der Waals surface area contributed by atoms with Gasteiger partial charge < -0.3 is 9.74 Å². The molecule has 0 bridgehead atoms. The van der Waals surface area contributed by atoms with E-state index in [1.165, 1.54) is 0 Å². The van der Waals surface area contributed by atoms with Gasteiger partial charge >= 0.3 is 0 Å². The Morgan fingerprint density at radius 2 is 2.00 bits per heavy atom. The van der Waals surface area contributed by atoms with Gasteiger partial charge in [0.2, 0.25) is 5.91 Å². The van der Waals surface area contributed by atoms with Crippen LogP contribution in [0.4, 0.5) is 0 Å². The van der Waals surface area contributed by atoms with Gasteiger partial charge in [-0.1, -0.05) is 27.7 Å². The second-order valence-electron chi connectivity index (χ2n) is 6.43. The maximum atomic E-state index is 11.2. The molecule has 0 aromatic heterocycles. The van der Waals surface area contributed by atoms with E-state index in [-0.39, 0.29) is 17.0 Å². The lowest BCUT2D eigenvalue weighted by molar-refractivity contribution is -0.119. The Bertz CT molecular complexity index is 271. The average Bonchev–Trinajstić information content (AvgIpc) is 2.39. The lowest BCUT2D eigenvalue weighted by Crippen LogP contribution is -2.45. The summed E-state index contributed by atoms with van der Waals surface area (Å²) >= 11 is 0. The largest absolute Gasteiger partial charge is 0.415 e. The maximum absolute atomic E-state index is 11.2. The van der Waals surface area contributed by atoms with E-state index in [1.54, 1.807) is 0 Å². The first-order valence-corrected chi connectivity index (χ1v) is 8.97. The van der Waals surface area contributed by atoms with E-state index in [2.05, 4.69) is 46.1 Å². The minimum Gasteiger partial charge on any atom is -0.415 e. The first-order chi connectivity index (χ1) is 7.13. The number of carbonyl (C=O) groups excluding carboxylic acids is 1. The lowest BCUT2D eigenvalue weighted by atomic mass is 10.0. The van der Waals surface area contributed by atoms with Gasteiger partial charge in [-0.25, -0.2) is 0 Å². The third kappa shape index (κ3) is 3.07. The lowest BCUT2D eigenvalue weighted by Gasteiger charge is -2.37. The molecule has 94 valence electrons. The van der Waals surface area contributed by atoms with Gasteiger partial charge in [-0.3, -0.25) is 4.79 Å². The standard InChI is InChI=1S/C12H25NO2Si/c1-9-7-11(14)13-10(9)8-15-16(5,6)12(2,3)4/h9-10H,7-8H2,1-6H3,(H,13,14)/t9-,10-/m1/s1. The molecule has 1 amide bonds. The van der Waals surface area contributed by atoms with Crippen molar-refractivity contribution in [3.05, 3.63) is 0 Å². The number of rotatable bonds is 3. The molecular weight excluding hydrogens is 218 g/mol. The van der Waals surface area contributed by atoms with Crippen molar-refractivity contribution >= 4 is 14.2 Å². The molecule has 1 saturated heterocycles. The summed E-state index contributed by atoms with van der Waals surface area (Å²) in [6.07, 6.45) is 0.644. The monoisotopic (exact) mass is 243 g/mol. The van der Waals surface area contributed by atoms with Gasteiger partial charge in [0.15, 0.2) is 8.32 Å². The van der Waals surface area contributed by atoms with Crippen molar-refractivity contribution in [3.8, 4) is 0 Å². The van der Waals surface area contributed by atoms with Gasteiger partial charge in [0.25, 0.3) is 0 Å². The van der Waals surface area contributed by atoms with E-state index >= 15 is 0 Å². The third-order valence-electron chi connectivity index (χ3n) is 3.97. The molecule has 1 heterocycles. The summed E-state index contributed by atoms with van der Waals surface area (Å²) in [6, 6.07) is 0.210. The Morgan fingerprint density at radius 3 is 2.38 bits per heavy atom. The molecule has 1 N–H and O–H groups in total. The van der Waals surface area contributed by atoms with Crippen LogP contribution in [0.15, 0.2) is 0 Å². The number of nitrogens with one attached hydrogen (secondary N) is 1. The van der Waals surface area contributed by atoms with Crippen molar-refractivity contribution in [1.29, 1.82) is 0 Å². The fourth-order valence-electron chi connectivity index (χ4n) is 1.56. The number of hydrogen-bond acceptors (Lipinski definition) is 2. The molecule has 2 atom stereocenters. The third-order valence-corrected chi connectivity index (χ3v) is 8.47. The van der Waals surface area contributed by atoms with E-state index in [1.807, 2.05) is 0 Å². The van der Waals surface area contributed by atoms with E-state index < -0.39 is 8.32 Å². The van der Waals surface area contributed by atoms with Crippen LogP contribution >= 0.6 is 0 Å². The van der Waals surface area contributed by atoms with Crippen LogP contribution in [0.5, 0.6) is 0 Å². The minimum atomic E-state index is -1.68. The molecule has 3 nitrogen and oxygen atoms in total. The molecule has 1 fully saturated rings. The maximum Gasteiger partial charge on any atom is 0.220 e. The predicted octanol–water partition coefficient (Wildman–Crippen LogP) is 2.53. The van der Waals surface area contributed by atoms with Crippen molar-refractivity contribution in [2.45, 2.75) is 58.3 Å². The molecule has 0 saturated carbocycles. The second-order valence-corrected chi connectivity index (χ2v) is 11.2. The smallest absolute Gasteiger partial charge is 0.220 e. The second kappa shape index (κ2) is 4.49. The molecule has 1 aliphatic rings. The zero-order valence-electron chi connectivity index (χ0n) is 11.4. The fraction of sp³-hybridized carbons (Fsp3) is 0.917. The normalized spacial score (nSPS) is 27.0. The molecule has 0 unspecified atom stereocenters. The fourth-order valence-corrected chi connectivity index (χ4v) is 2.59. The summed E-state index contributed by atoms with van der Waals surface area (Å²) in [4.78, 5) is 11.2. The van der Waals surface area contributed by atoms with Crippen LogP contribution in [-0.2, 0) is 9.22 Å². The summed E-state index contributed by atoms with van der Waals surface area (Å²) in [5, 5.41) is 3.22. The summed E-state index contributed by atoms with van der Waals surface area (Å²) in [6.45, 7) is 14.0. The Kier molecular flexibility index (Phi) is 3.85. The van der Waals surface area contributed by atoms with Crippen molar-refractivity contribution in [1.82, 2.24) is 5.32 Å². The highest BCUT2D eigenvalue weighted by atomic mass is 28.4. The van der Waals surface area contributed by atoms with Crippen molar-refractivity contribution in [2.75, 3.05) is 6.61 Å². The molecule has 0 spiro atoms. The van der Waals surface area contributed by atoms with Crippen LogP contribution in [0, 0.1) is 5.92 Å². The van der Waals surface area contributed by atoms with Gasteiger partial charge in [-0.2, -0.15) is 0 Å². The number of amides is 1. The summed E-state index contributed by atoms with van der Waals surface area (Å²) < 4.78 is 6.12. The average molecular weight is 243 g/mol. The quantitative estimate of drug-likeness (QED) is 0.774. The van der Waals surface area contributed by atoms with Gasteiger partial charge in [0.05, 0.1) is 12.6 Å². The molecule has 16 heavy (non-hydrogen) atoms. The van der Waals surface area contributed by atoms with Crippen LogP contribution in [0.2, 0.25) is 18.1 Å². The summed E-state index contributed by atoms with van der Waals surface area (Å²) in [7, 11) is -1.68. The minimum absolute atomic E-state index is 0.163. The van der Waals surface area contributed by atoms with Crippen LogP contribution in [0.25, 0.3) is 0 Å². The Hall–Kier alpha value is -0.353. The van der Waals surface area contributed by atoms with Crippen LogP contribution in [0.3, 0.4) is 0 Å². The molecule has 0 aromatic rings. The van der Waals surface area contributed by atoms with E-state index in [0.717, 1.165) is 0 Å². The highest BCUT2D eigenvalue weighted by Gasteiger charge is 2.39. The van der Waals surface area contributed by atoms with Gasteiger partial charge in [0, 0.05) is 6.42 Å². The zero-order valence-corrected chi connectivity index (χ0v) is 12.4. The van der Waals surface area contributed by atoms with Crippen molar-refractivity contribution in [2.24, 2.45) is 5.92 Å². The molecule has 1 rings (SSSR count). The summed E-state index contributed by atoms with van der Waals surface area (Å²) in [5.74, 6) is 0.564. The zero-order chi connectivity index (χ0) is 12.6. The SMILES string of the molecule is C[C@@H]1CC(=O)N[C@@H]1CO[Si](C)(C)C(C)(C)C. The molecular formula is C12H25NO2Si. The Balaban J connectivity index is 2.49. The first-order valence-electron chi connectivity index (χ1n) is 6.07. The molecule has 4 heteroatoms. The summed E-state index contributed by atoms with van der Waals surface area (Å²) in [5.41, 5.74) is 0. The number of hydrogen-bond donors (Lipinski definition) is 1. The van der Waals surface area contributed by atoms with E-state index in [4.69, 9.17) is 4.43 Å². The Labute approximate surface area is 100 Å². The van der Waals surface area contributed by atoms with Gasteiger partial charge in [-0.05, 0) is 24.1 Å². The first kappa shape index (κ1) is 13.7. The predicted molar refractivity (Wildman–Crippen MR) is 68.9 cm³/mol. The highest BCUT2D eigenvalue weighted by Crippen LogP contribution is 2.36. The number of carbonyl (C=O) groups is 1. The highest BCUT2D eigenvalue weighted by molar-refractivity contribution is 6.74. The van der Waals surface area contributed by atoms with Crippen molar-refractivity contribution in [3.63, 3.8) is 0 Å². The molecule has 1 aliphatic heterocycles. The van der Waals surface area contributed by atoms with Crippen LogP contribution in [0.1, 0.15) is 34.1 Å². The van der Waals surface area contributed by atoms with Crippen LogP contribution < -0.4 is 5.32 Å². The van der Waals surface area contributed by atoms with Crippen molar-refractivity contribution < 1.29 is 9.22 Å².